The van der Waals surface area contributed by atoms with Gasteiger partial charge >= 0.3 is 0 Å². The van der Waals surface area contributed by atoms with Gasteiger partial charge in [-0.2, -0.15) is 0 Å². The predicted molar refractivity (Wildman–Crippen MR) is 129 cm³/mol. The van der Waals surface area contributed by atoms with Crippen molar-refractivity contribution >= 4 is 23.2 Å². The molecule has 0 aliphatic heterocycles. The van der Waals surface area contributed by atoms with Crippen molar-refractivity contribution in [2.75, 3.05) is 4.90 Å². The molecule has 6 nitrogen and oxygen atoms in total. The van der Waals surface area contributed by atoms with Crippen molar-refractivity contribution in [2.45, 2.75) is 20.4 Å². The zero-order chi connectivity index (χ0) is 23.5. The third-order valence-corrected chi connectivity index (χ3v) is 5.57. The fraction of sp³-hybridized carbons (Fsp3) is 0.115. The molecule has 0 atom stereocenters. The van der Waals surface area contributed by atoms with Gasteiger partial charge in [0.2, 0.25) is 0 Å². The fourth-order valence-electron chi connectivity index (χ4n) is 3.54. The van der Waals surface area contributed by atoms with Gasteiger partial charge in [-0.25, -0.2) is 9.97 Å². The minimum absolute atomic E-state index is 0.0000716. The van der Waals surface area contributed by atoms with E-state index in [2.05, 4.69) is 9.97 Å². The lowest BCUT2D eigenvalue weighted by molar-refractivity contribution is 0.0982. The molecule has 0 fully saturated rings. The van der Waals surface area contributed by atoms with E-state index in [0.29, 0.717) is 11.5 Å². The van der Waals surface area contributed by atoms with E-state index in [9.17, 15) is 15.0 Å². The summed E-state index contributed by atoms with van der Waals surface area (Å²) in [5, 5.41) is 20.1. The number of rotatable bonds is 5. The number of benzene rings is 3. The van der Waals surface area contributed by atoms with Crippen molar-refractivity contribution in [3.8, 4) is 22.8 Å². The maximum Gasteiger partial charge on any atom is 0.262 e. The Balaban J connectivity index is 1.74. The van der Waals surface area contributed by atoms with E-state index < -0.39 is 5.91 Å². The second-order valence-corrected chi connectivity index (χ2v) is 8.10. The topological polar surface area (TPSA) is 86.6 Å². The van der Waals surface area contributed by atoms with Crippen LogP contribution in [0.5, 0.6) is 11.5 Å². The van der Waals surface area contributed by atoms with E-state index in [0.717, 1.165) is 28.5 Å². The summed E-state index contributed by atoms with van der Waals surface area (Å²) in [5.41, 5.74) is 4.25. The lowest BCUT2D eigenvalue weighted by Crippen LogP contribution is -2.30. The lowest BCUT2D eigenvalue weighted by atomic mass is 10.1. The highest BCUT2D eigenvalue weighted by molar-refractivity contribution is 6.32. The summed E-state index contributed by atoms with van der Waals surface area (Å²) in [6.07, 6.45) is 1.79. The minimum atomic E-state index is -0.444. The Labute approximate surface area is 196 Å². The van der Waals surface area contributed by atoms with Crippen molar-refractivity contribution in [1.29, 1.82) is 0 Å². The molecular formula is C26H22ClN3O3. The molecule has 1 amide bonds. The van der Waals surface area contributed by atoms with Crippen molar-refractivity contribution in [3.63, 3.8) is 0 Å². The molecule has 0 unspecified atom stereocenters. The molecule has 1 aromatic heterocycles. The fourth-order valence-corrected chi connectivity index (χ4v) is 3.70. The molecule has 0 bridgehead atoms. The normalized spacial score (nSPS) is 10.8. The maximum atomic E-state index is 13.5. The Hall–Kier alpha value is -3.90. The number of halogens is 1. The smallest absolute Gasteiger partial charge is 0.262 e. The zero-order valence-electron chi connectivity index (χ0n) is 18.2. The summed E-state index contributed by atoms with van der Waals surface area (Å²) in [5.74, 6) is -0.399. The molecule has 1 heterocycles. The number of hydrogen-bond acceptors (Lipinski definition) is 5. The Kier molecular flexibility index (Phi) is 6.29. The van der Waals surface area contributed by atoms with Crippen LogP contribution in [-0.4, -0.2) is 26.1 Å². The van der Waals surface area contributed by atoms with E-state index in [-0.39, 0.29) is 28.6 Å². The van der Waals surface area contributed by atoms with Gasteiger partial charge in [0.05, 0.1) is 22.8 Å². The van der Waals surface area contributed by atoms with E-state index >= 15 is 0 Å². The van der Waals surface area contributed by atoms with Gasteiger partial charge in [0.15, 0.2) is 0 Å². The number of carbonyl (C=O) groups is 1. The summed E-state index contributed by atoms with van der Waals surface area (Å²) >= 11 is 6.01. The first-order chi connectivity index (χ1) is 15.8. The first-order valence-electron chi connectivity index (χ1n) is 10.3. The third-order valence-electron chi connectivity index (χ3n) is 5.27. The van der Waals surface area contributed by atoms with Crippen LogP contribution >= 0.6 is 11.6 Å². The quantitative estimate of drug-likeness (QED) is 0.401. The van der Waals surface area contributed by atoms with Crippen LogP contribution in [0, 0.1) is 13.8 Å². The van der Waals surface area contributed by atoms with Gasteiger partial charge in [0.25, 0.3) is 5.91 Å². The standard InChI is InChI=1S/C26H22ClN3O3/c1-16-14-28-17(2)29-25(16)19-8-10-20(11-9-19)30(15-18-6-4-3-5-7-18)26(33)21-12-22(27)24(32)13-23(21)31/h3-14,31-32H,15H2,1-2H3. The molecule has 0 aliphatic carbocycles. The highest BCUT2D eigenvalue weighted by Gasteiger charge is 2.23. The number of amides is 1. The van der Waals surface area contributed by atoms with Crippen molar-refractivity contribution < 1.29 is 15.0 Å². The minimum Gasteiger partial charge on any atom is -0.507 e. The molecule has 0 aliphatic rings. The van der Waals surface area contributed by atoms with Crippen LogP contribution < -0.4 is 4.90 Å². The Morgan fingerprint density at radius 2 is 1.67 bits per heavy atom. The zero-order valence-corrected chi connectivity index (χ0v) is 18.9. The predicted octanol–water partition coefficient (Wildman–Crippen LogP) is 5.67. The van der Waals surface area contributed by atoms with Gasteiger partial charge in [0.1, 0.15) is 17.3 Å². The van der Waals surface area contributed by atoms with Crippen molar-refractivity contribution in [2.24, 2.45) is 0 Å². The first kappa shape index (κ1) is 22.3. The molecule has 4 rings (SSSR count). The monoisotopic (exact) mass is 459 g/mol. The second-order valence-electron chi connectivity index (χ2n) is 7.69. The highest BCUT2D eigenvalue weighted by atomic mass is 35.5. The molecule has 4 aromatic rings. The number of anilines is 1. The Bertz CT molecular complexity index is 1310. The molecule has 0 radical (unpaired) electrons. The van der Waals surface area contributed by atoms with Gasteiger partial charge in [-0.15, -0.1) is 0 Å². The summed E-state index contributed by atoms with van der Waals surface area (Å²) < 4.78 is 0. The maximum absolute atomic E-state index is 13.5. The Morgan fingerprint density at radius 1 is 0.970 bits per heavy atom. The van der Waals surface area contributed by atoms with Crippen LogP contribution in [0.15, 0.2) is 72.9 Å². The van der Waals surface area contributed by atoms with Crippen LogP contribution in [0.1, 0.15) is 27.3 Å². The van der Waals surface area contributed by atoms with E-state index in [1.54, 1.807) is 11.1 Å². The summed E-state index contributed by atoms with van der Waals surface area (Å²) in [6, 6.07) is 19.4. The molecule has 0 spiro atoms. The summed E-state index contributed by atoms with van der Waals surface area (Å²) in [7, 11) is 0. The number of carbonyl (C=O) groups excluding carboxylic acids is 1. The van der Waals surface area contributed by atoms with Gasteiger partial charge in [-0.3, -0.25) is 4.79 Å². The number of aryl methyl sites for hydroxylation is 2. The van der Waals surface area contributed by atoms with Crippen LogP contribution in [0.3, 0.4) is 0 Å². The Morgan fingerprint density at radius 3 is 2.36 bits per heavy atom. The molecular weight excluding hydrogens is 438 g/mol. The molecule has 166 valence electrons. The summed E-state index contributed by atoms with van der Waals surface area (Å²) in [6.45, 7) is 4.07. The number of aromatic hydroxyl groups is 2. The highest BCUT2D eigenvalue weighted by Crippen LogP contribution is 2.33. The molecule has 3 aromatic carbocycles. The molecule has 2 N–H and O–H groups in total. The van der Waals surface area contributed by atoms with Gasteiger partial charge in [0, 0.05) is 23.5 Å². The average molecular weight is 460 g/mol. The van der Waals surface area contributed by atoms with Crippen molar-refractivity contribution in [3.05, 3.63) is 100 Å². The van der Waals surface area contributed by atoms with E-state index in [4.69, 9.17) is 11.6 Å². The van der Waals surface area contributed by atoms with Crippen LogP contribution in [0.2, 0.25) is 5.02 Å². The molecule has 0 saturated heterocycles. The van der Waals surface area contributed by atoms with Crippen LogP contribution in [0.4, 0.5) is 5.69 Å². The molecule has 0 saturated carbocycles. The number of phenols is 2. The third kappa shape index (κ3) is 4.81. The second kappa shape index (κ2) is 9.30. The number of phenolic OH excluding ortho intramolecular Hbond substituents is 2. The SMILES string of the molecule is Cc1ncc(C)c(-c2ccc(N(Cc3ccccc3)C(=O)c3cc(Cl)c(O)cc3O)cc2)n1. The van der Waals surface area contributed by atoms with E-state index in [1.165, 1.54) is 6.07 Å². The van der Waals surface area contributed by atoms with E-state index in [1.807, 2.05) is 68.4 Å². The van der Waals surface area contributed by atoms with Crippen molar-refractivity contribution in [1.82, 2.24) is 9.97 Å². The first-order valence-corrected chi connectivity index (χ1v) is 10.7. The average Bonchev–Trinajstić information content (AvgIpc) is 2.82. The molecule has 7 heteroatoms. The van der Waals surface area contributed by atoms with Gasteiger partial charge < -0.3 is 15.1 Å². The number of aromatic nitrogens is 2. The molecule has 33 heavy (non-hydrogen) atoms. The van der Waals surface area contributed by atoms with Gasteiger partial charge in [-0.05, 0) is 43.2 Å². The number of nitrogens with zero attached hydrogens (tertiary/aromatic N) is 3. The van der Waals surface area contributed by atoms with Crippen LogP contribution in [0.25, 0.3) is 11.3 Å². The van der Waals surface area contributed by atoms with Gasteiger partial charge in [-0.1, -0.05) is 54.1 Å². The number of hydrogen-bond donors (Lipinski definition) is 2. The summed E-state index contributed by atoms with van der Waals surface area (Å²) in [4.78, 5) is 23.8. The largest absolute Gasteiger partial charge is 0.507 e. The van der Waals surface area contributed by atoms with Crippen LogP contribution in [-0.2, 0) is 6.54 Å². The lowest BCUT2D eigenvalue weighted by Gasteiger charge is -2.24.